The summed E-state index contributed by atoms with van der Waals surface area (Å²) in [6.45, 7) is 6.34. The van der Waals surface area contributed by atoms with Gasteiger partial charge in [-0.15, -0.1) is 0 Å². The summed E-state index contributed by atoms with van der Waals surface area (Å²) in [4.78, 5) is 24.1. The van der Waals surface area contributed by atoms with Crippen LogP contribution in [0.25, 0.3) is 17.0 Å². The van der Waals surface area contributed by atoms with E-state index in [2.05, 4.69) is 22.6 Å². The van der Waals surface area contributed by atoms with Gasteiger partial charge in [0.2, 0.25) is 0 Å². The van der Waals surface area contributed by atoms with Crippen molar-refractivity contribution in [2.45, 2.75) is 26.8 Å². The van der Waals surface area contributed by atoms with E-state index in [0.717, 1.165) is 53.4 Å². The van der Waals surface area contributed by atoms with Gasteiger partial charge in [0.15, 0.2) is 12.4 Å². The van der Waals surface area contributed by atoms with Crippen molar-refractivity contribution in [2.75, 3.05) is 32.1 Å². The Morgan fingerprint density at radius 1 is 1.21 bits per heavy atom. The first kappa shape index (κ1) is 26.8. The average Bonchev–Trinajstić information content (AvgIpc) is 2.92. The highest BCUT2D eigenvalue weighted by molar-refractivity contribution is 6.08. The van der Waals surface area contributed by atoms with Crippen LogP contribution in [0.3, 0.4) is 0 Å². The predicted octanol–water partition coefficient (Wildman–Crippen LogP) is 3.98. The third-order valence-electron chi connectivity index (χ3n) is 6.24. The average molecular weight is 514 g/mol. The molecule has 1 aliphatic rings. The van der Waals surface area contributed by atoms with Gasteiger partial charge >= 0.3 is 0 Å². The van der Waals surface area contributed by atoms with E-state index in [9.17, 15) is 4.79 Å². The first-order valence-corrected chi connectivity index (χ1v) is 12.7. The molecule has 0 spiro atoms. The van der Waals surface area contributed by atoms with Crippen molar-refractivity contribution in [1.82, 2.24) is 20.2 Å². The van der Waals surface area contributed by atoms with E-state index in [0.29, 0.717) is 29.6 Å². The highest BCUT2D eigenvalue weighted by atomic mass is 16.5. The number of carbonyl (C=O) groups is 1. The molecule has 0 saturated heterocycles. The summed E-state index contributed by atoms with van der Waals surface area (Å²) in [6.07, 6.45) is 3.49. The molecule has 0 aliphatic carbocycles. The number of likely N-dealkylation sites (N-methyl/N-ethyl adjacent to an activating group) is 1. The van der Waals surface area contributed by atoms with Gasteiger partial charge in [-0.25, -0.2) is 9.97 Å². The Morgan fingerprint density at radius 3 is 2.71 bits per heavy atom. The molecule has 9 heteroatoms. The van der Waals surface area contributed by atoms with Gasteiger partial charge in [-0.1, -0.05) is 38.1 Å². The molecule has 1 aromatic heterocycles. The molecular weight excluding hydrogens is 478 g/mol. The number of allylic oxidation sites excluding steroid dienone is 1. The molecule has 3 aromatic rings. The highest BCUT2D eigenvalue weighted by Crippen LogP contribution is 2.30. The molecule has 9 nitrogen and oxygen atoms in total. The Morgan fingerprint density at radius 2 is 2.00 bits per heavy atom. The molecule has 0 atom stereocenters. The number of rotatable bonds is 10. The fraction of sp³-hybridized carbons (Fsp3) is 0.310. The van der Waals surface area contributed by atoms with E-state index in [1.165, 1.54) is 12.4 Å². The van der Waals surface area contributed by atoms with Gasteiger partial charge in [-0.05, 0) is 42.8 Å². The normalized spacial score (nSPS) is 13.6. The van der Waals surface area contributed by atoms with Crippen LogP contribution < -0.4 is 21.1 Å². The molecule has 0 unspecified atom stereocenters. The van der Waals surface area contributed by atoms with Crippen LogP contribution >= 0.6 is 0 Å². The third kappa shape index (κ3) is 6.74. The van der Waals surface area contributed by atoms with Crippen LogP contribution in [0.2, 0.25) is 0 Å². The number of fused-ring (bicyclic) bond motifs is 1. The molecule has 0 fully saturated rings. The number of ether oxygens (including phenoxy) is 1. The van der Waals surface area contributed by atoms with Crippen molar-refractivity contribution in [3.63, 3.8) is 0 Å². The summed E-state index contributed by atoms with van der Waals surface area (Å²) < 4.78 is 5.74. The maximum absolute atomic E-state index is 12.1. The van der Waals surface area contributed by atoms with E-state index < -0.39 is 0 Å². The number of benzene rings is 2. The molecule has 198 valence electrons. The molecular formula is C29H35N7O2. The molecule has 1 aliphatic heterocycles. The fourth-order valence-electron chi connectivity index (χ4n) is 4.13. The van der Waals surface area contributed by atoms with Gasteiger partial charge < -0.3 is 31.4 Å². The summed E-state index contributed by atoms with van der Waals surface area (Å²) >= 11 is 0. The van der Waals surface area contributed by atoms with Crippen LogP contribution in [0.15, 0.2) is 54.7 Å². The quantitative estimate of drug-likeness (QED) is 0.302. The fourth-order valence-corrected chi connectivity index (χ4v) is 4.13. The largest absolute Gasteiger partial charge is 0.484 e. The zero-order valence-electron chi connectivity index (χ0n) is 22.1. The minimum absolute atomic E-state index is 0.0462. The second-order valence-corrected chi connectivity index (χ2v) is 9.79. The minimum Gasteiger partial charge on any atom is -0.484 e. The Bertz CT molecular complexity index is 1320. The molecule has 38 heavy (non-hydrogen) atoms. The summed E-state index contributed by atoms with van der Waals surface area (Å²) in [5.74, 6) is 2.17. The number of aromatic nitrogens is 2. The number of hydrogen-bond donors (Lipinski definition) is 4. The van der Waals surface area contributed by atoms with Gasteiger partial charge in [-0.2, -0.15) is 0 Å². The molecule has 0 saturated carbocycles. The van der Waals surface area contributed by atoms with Crippen molar-refractivity contribution in [3.8, 4) is 17.1 Å². The van der Waals surface area contributed by atoms with Crippen molar-refractivity contribution < 1.29 is 9.53 Å². The van der Waals surface area contributed by atoms with Crippen molar-refractivity contribution in [1.29, 1.82) is 5.41 Å². The van der Waals surface area contributed by atoms with Gasteiger partial charge in [0, 0.05) is 60.9 Å². The van der Waals surface area contributed by atoms with Crippen molar-refractivity contribution in [2.24, 2.45) is 11.7 Å². The maximum atomic E-state index is 12.1. The molecule has 5 N–H and O–H groups in total. The second-order valence-electron chi connectivity index (χ2n) is 9.79. The molecule has 0 bridgehead atoms. The third-order valence-corrected chi connectivity index (χ3v) is 6.24. The summed E-state index contributed by atoms with van der Waals surface area (Å²) in [5, 5.41) is 13.9. The number of anilines is 2. The smallest absolute Gasteiger partial charge is 0.257 e. The molecule has 4 rings (SSSR count). The van der Waals surface area contributed by atoms with Gasteiger partial charge in [0.25, 0.3) is 5.91 Å². The van der Waals surface area contributed by atoms with Gasteiger partial charge in [-0.3, -0.25) is 4.79 Å². The number of hydrogen-bond acceptors (Lipinski definition) is 8. The van der Waals surface area contributed by atoms with Crippen LogP contribution in [-0.2, 0) is 17.8 Å². The summed E-state index contributed by atoms with van der Waals surface area (Å²) in [7, 11) is 2.09. The predicted molar refractivity (Wildman–Crippen MR) is 152 cm³/mol. The lowest BCUT2D eigenvalue weighted by atomic mass is 10.0. The van der Waals surface area contributed by atoms with Crippen molar-refractivity contribution >= 4 is 29.2 Å². The van der Waals surface area contributed by atoms with Crippen LogP contribution in [0.5, 0.6) is 5.75 Å². The Balaban J connectivity index is 1.59. The lowest BCUT2D eigenvalue weighted by molar-refractivity contribution is -0.123. The van der Waals surface area contributed by atoms with E-state index in [-0.39, 0.29) is 12.5 Å². The number of carbonyl (C=O) groups excluding carboxylic acids is 1. The number of nitrogens with one attached hydrogen (secondary N) is 3. The van der Waals surface area contributed by atoms with Gasteiger partial charge in [0.05, 0.1) is 5.69 Å². The molecule has 1 amide bonds. The lowest BCUT2D eigenvalue weighted by Crippen LogP contribution is -2.31. The monoisotopic (exact) mass is 513 g/mol. The maximum Gasteiger partial charge on any atom is 0.257 e. The lowest BCUT2D eigenvalue weighted by Gasteiger charge is -2.26. The molecule has 0 radical (unpaired) electrons. The first-order valence-electron chi connectivity index (χ1n) is 12.7. The van der Waals surface area contributed by atoms with E-state index in [1.54, 1.807) is 0 Å². The summed E-state index contributed by atoms with van der Waals surface area (Å²) in [6, 6.07) is 15.2. The summed E-state index contributed by atoms with van der Waals surface area (Å²) in [5.41, 5.74) is 10.9. The topological polar surface area (TPSA) is 129 Å². The first-order chi connectivity index (χ1) is 18.4. The zero-order valence-corrected chi connectivity index (χ0v) is 22.1. The van der Waals surface area contributed by atoms with Gasteiger partial charge in [0.1, 0.15) is 11.6 Å². The Hall–Kier alpha value is -4.24. The number of nitrogens with zero attached hydrogens (tertiary/aromatic N) is 3. The number of nitrogens with two attached hydrogens (primary N) is 1. The number of amides is 1. The minimum atomic E-state index is -0.148. The van der Waals surface area contributed by atoms with E-state index >= 15 is 0 Å². The second kappa shape index (κ2) is 12.3. The van der Waals surface area contributed by atoms with E-state index in [1.807, 2.05) is 62.4 Å². The van der Waals surface area contributed by atoms with Crippen molar-refractivity contribution in [3.05, 3.63) is 71.6 Å². The molecule has 2 heterocycles. The van der Waals surface area contributed by atoms with Crippen LogP contribution in [0.4, 0.5) is 11.5 Å². The SMILES string of the molecule is CC(C)CNC(=O)COc1cccc(-c2nc3c(c(Nc4ccc(/C(C=N)=C/N)cc4)n2)CN(C)CC3)c1. The van der Waals surface area contributed by atoms with Crippen LogP contribution in [0.1, 0.15) is 30.7 Å². The Kier molecular flexibility index (Phi) is 8.70. The Labute approximate surface area is 223 Å². The van der Waals surface area contributed by atoms with Crippen LogP contribution in [0, 0.1) is 11.3 Å². The zero-order chi connectivity index (χ0) is 27.1. The molecule has 2 aromatic carbocycles. The standard InChI is InChI=1S/C29H35N7O2/c1-19(2)16-32-27(37)18-38-24-6-4-5-21(13-24)28-34-26-11-12-36(3)17-25(26)29(35-28)33-23-9-7-20(8-10-23)22(14-30)15-31/h4-10,13-15,19,30H,11-12,16-18,31H2,1-3H3,(H,32,37)(H,33,34,35)/b22-15+,30-14?. The van der Waals surface area contributed by atoms with E-state index in [4.69, 9.17) is 25.8 Å². The highest BCUT2D eigenvalue weighted by Gasteiger charge is 2.21. The van der Waals surface area contributed by atoms with Crippen LogP contribution in [-0.4, -0.2) is 53.7 Å².